The van der Waals surface area contributed by atoms with Gasteiger partial charge in [-0.15, -0.1) is 0 Å². The normalized spacial score (nSPS) is 9.40. The van der Waals surface area contributed by atoms with E-state index in [9.17, 15) is 4.39 Å². The molecule has 0 spiro atoms. The first kappa shape index (κ1) is 7.41. The van der Waals surface area contributed by atoms with Gasteiger partial charge in [0.2, 0.25) is 0 Å². The van der Waals surface area contributed by atoms with Crippen molar-refractivity contribution in [3.8, 4) is 0 Å². The van der Waals surface area contributed by atoms with E-state index in [4.69, 9.17) is 0 Å². The average Bonchev–Trinajstić information content (AvgIpc) is 1.94. The predicted molar refractivity (Wildman–Crippen MR) is 43.9 cm³/mol. The van der Waals surface area contributed by atoms with Crippen molar-refractivity contribution < 1.29 is 4.39 Å². The predicted octanol–water partition coefficient (Wildman–Crippen LogP) is 2.12. The molecule has 0 atom stereocenters. The fraction of sp³-hybridized carbons (Fsp3) is 0.143. The minimum absolute atomic E-state index is 0.239. The summed E-state index contributed by atoms with van der Waals surface area (Å²) in [5, 5.41) is 2.76. The van der Waals surface area contributed by atoms with Crippen LogP contribution in [0, 0.1) is 5.82 Å². The van der Waals surface area contributed by atoms with E-state index in [1.165, 1.54) is 6.07 Å². The maximum absolute atomic E-state index is 12.7. The smallest absolute Gasteiger partial charge is 0.146 e. The van der Waals surface area contributed by atoms with Gasteiger partial charge in [0.25, 0.3) is 0 Å². The number of rotatable bonds is 2. The van der Waals surface area contributed by atoms with Gasteiger partial charge in [-0.2, -0.15) is 12.6 Å². The Hall–Kier alpha value is -0.700. The Labute approximate surface area is 64.7 Å². The number of benzene rings is 1. The van der Waals surface area contributed by atoms with E-state index in [2.05, 4.69) is 17.9 Å². The van der Waals surface area contributed by atoms with Gasteiger partial charge in [0.15, 0.2) is 0 Å². The molecule has 0 aliphatic carbocycles. The zero-order valence-corrected chi connectivity index (χ0v) is 6.24. The molecule has 10 heavy (non-hydrogen) atoms. The Kier molecular flexibility index (Phi) is 2.57. The molecule has 0 saturated heterocycles. The SMILES string of the molecule is Fc1ccccc1NCS. The highest BCUT2D eigenvalue weighted by Crippen LogP contribution is 2.11. The molecule has 0 aliphatic heterocycles. The van der Waals surface area contributed by atoms with Gasteiger partial charge in [0.1, 0.15) is 5.82 Å². The third kappa shape index (κ3) is 1.64. The summed E-state index contributed by atoms with van der Waals surface area (Å²) in [4.78, 5) is 0. The summed E-state index contributed by atoms with van der Waals surface area (Å²) in [6.45, 7) is 0. The number of hydrogen-bond donors (Lipinski definition) is 2. The molecule has 0 fully saturated rings. The number of halogens is 1. The number of anilines is 1. The van der Waals surface area contributed by atoms with Crippen molar-refractivity contribution in [1.82, 2.24) is 0 Å². The van der Waals surface area contributed by atoms with E-state index in [0.717, 1.165) is 0 Å². The maximum Gasteiger partial charge on any atom is 0.146 e. The number of thiol groups is 1. The van der Waals surface area contributed by atoms with E-state index < -0.39 is 0 Å². The lowest BCUT2D eigenvalue weighted by Gasteiger charge is -2.01. The van der Waals surface area contributed by atoms with Crippen molar-refractivity contribution in [2.75, 3.05) is 11.2 Å². The molecule has 1 nitrogen and oxygen atoms in total. The average molecular weight is 157 g/mol. The van der Waals surface area contributed by atoms with Gasteiger partial charge >= 0.3 is 0 Å². The lowest BCUT2D eigenvalue weighted by Crippen LogP contribution is -1.96. The van der Waals surface area contributed by atoms with E-state index in [0.29, 0.717) is 11.6 Å². The van der Waals surface area contributed by atoms with Crippen LogP contribution in [0.2, 0.25) is 0 Å². The second-order valence-corrected chi connectivity index (χ2v) is 2.13. The molecular weight excluding hydrogens is 149 g/mol. The molecule has 0 saturated carbocycles. The van der Waals surface area contributed by atoms with Crippen molar-refractivity contribution in [2.45, 2.75) is 0 Å². The zero-order valence-electron chi connectivity index (χ0n) is 5.34. The summed E-state index contributed by atoms with van der Waals surface area (Å²) >= 11 is 3.90. The van der Waals surface area contributed by atoms with Crippen LogP contribution in [-0.2, 0) is 0 Å². The van der Waals surface area contributed by atoms with Gasteiger partial charge in [0.05, 0.1) is 11.6 Å². The van der Waals surface area contributed by atoms with E-state index in [1.54, 1.807) is 18.2 Å². The summed E-state index contributed by atoms with van der Waals surface area (Å²) in [7, 11) is 0. The van der Waals surface area contributed by atoms with E-state index in [1.807, 2.05) is 0 Å². The highest BCUT2D eigenvalue weighted by Gasteiger charge is 1.95. The van der Waals surface area contributed by atoms with Gasteiger partial charge in [-0.05, 0) is 12.1 Å². The Balaban J connectivity index is 2.81. The van der Waals surface area contributed by atoms with Gasteiger partial charge in [-0.1, -0.05) is 12.1 Å². The van der Waals surface area contributed by atoms with Crippen LogP contribution in [0.3, 0.4) is 0 Å². The molecule has 0 radical (unpaired) electrons. The number of nitrogens with one attached hydrogen (secondary N) is 1. The number of hydrogen-bond acceptors (Lipinski definition) is 2. The van der Waals surface area contributed by atoms with Gasteiger partial charge < -0.3 is 5.32 Å². The fourth-order valence-corrected chi connectivity index (χ4v) is 0.860. The molecule has 0 bridgehead atoms. The fourth-order valence-electron chi connectivity index (χ4n) is 0.690. The summed E-state index contributed by atoms with van der Waals surface area (Å²) < 4.78 is 12.7. The molecule has 0 heterocycles. The first-order valence-corrected chi connectivity index (χ1v) is 3.57. The molecule has 1 aromatic carbocycles. The second kappa shape index (κ2) is 3.46. The topological polar surface area (TPSA) is 12.0 Å². The molecule has 1 aromatic rings. The van der Waals surface area contributed by atoms with Gasteiger partial charge in [0, 0.05) is 0 Å². The van der Waals surface area contributed by atoms with Crippen molar-refractivity contribution in [3.63, 3.8) is 0 Å². The zero-order chi connectivity index (χ0) is 7.40. The minimum atomic E-state index is -0.239. The van der Waals surface area contributed by atoms with Crippen LogP contribution in [0.5, 0.6) is 0 Å². The quantitative estimate of drug-likeness (QED) is 0.495. The largest absolute Gasteiger partial charge is 0.374 e. The third-order valence-electron chi connectivity index (χ3n) is 1.14. The Morgan fingerprint density at radius 2 is 2.10 bits per heavy atom. The summed E-state index contributed by atoms with van der Waals surface area (Å²) in [5.74, 6) is 0.206. The van der Waals surface area contributed by atoms with Crippen LogP contribution < -0.4 is 5.32 Å². The minimum Gasteiger partial charge on any atom is -0.374 e. The van der Waals surface area contributed by atoms with Crippen molar-refractivity contribution in [2.24, 2.45) is 0 Å². The molecular formula is C7H8FNS. The van der Waals surface area contributed by atoms with E-state index in [-0.39, 0.29) is 5.82 Å². The standard InChI is InChI=1S/C7H8FNS/c8-6-3-1-2-4-7(6)9-5-10/h1-4,9-10H,5H2. The summed E-state index contributed by atoms with van der Waals surface area (Å²) in [6.07, 6.45) is 0. The lowest BCUT2D eigenvalue weighted by molar-refractivity contribution is 0.631. The highest BCUT2D eigenvalue weighted by atomic mass is 32.1. The molecule has 54 valence electrons. The second-order valence-electron chi connectivity index (χ2n) is 1.81. The van der Waals surface area contributed by atoms with E-state index >= 15 is 0 Å². The van der Waals surface area contributed by atoms with Gasteiger partial charge in [-0.3, -0.25) is 0 Å². The van der Waals surface area contributed by atoms with Crippen LogP contribution >= 0.6 is 12.6 Å². The first-order valence-electron chi connectivity index (χ1n) is 2.94. The lowest BCUT2D eigenvalue weighted by atomic mass is 10.3. The molecule has 1 N–H and O–H groups in total. The third-order valence-corrected chi connectivity index (χ3v) is 1.30. The van der Waals surface area contributed by atoms with Crippen molar-refractivity contribution in [3.05, 3.63) is 30.1 Å². The molecule has 0 aromatic heterocycles. The van der Waals surface area contributed by atoms with Crippen LogP contribution in [0.4, 0.5) is 10.1 Å². The number of para-hydroxylation sites is 1. The van der Waals surface area contributed by atoms with Crippen LogP contribution in [0.15, 0.2) is 24.3 Å². The molecule has 0 amide bonds. The first-order chi connectivity index (χ1) is 4.84. The van der Waals surface area contributed by atoms with Crippen molar-refractivity contribution in [1.29, 1.82) is 0 Å². The Morgan fingerprint density at radius 3 is 2.70 bits per heavy atom. The highest BCUT2D eigenvalue weighted by molar-refractivity contribution is 7.80. The summed E-state index contributed by atoms with van der Waals surface area (Å²) in [6, 6.07) is 6.51. The van der Waals surface area contributed by atoms with Crippen LogP contribution in [0.1, 0.15) is 0 Å². The maximum atomic E-state index is 12.7. The monoisotopic (exact) mass is 157 g/mol. The molecule has 0 aliphatic rings. The Bertz CT molecular complexity index is 215. The van der Waals surface area contributed by atoms with Crippen LogP contribution in [0.25, 0.3) is 0 Å². The Morgan fingerprint density at radius 1 is 1.40 bits per heavy atom. The van der Waals surface area contributed by atoms with Gasteiger partial charge in [-0.25, -0.2) is 4.39 Å². The molecule has 1 rings (SSSR count). The molecule has 3 heteroatoms. The van der Waals surface area contributed by atoms with Crippen molar-refractivity contribution >= 4 is 18.3 Å². The van der Waals surface area contributed by atoms with Crippen LogP contribution in [-0.4, -0.2) is 5.88 Å². The molecule has 0 unspecified atom stereocenters. The summed E-state index contributed by atoms with van der Waals surface area (Å²) in [5.41, 5.74) is 0.498.